The Morgan fingerprint density at radius 1 is 0.952 bits per heavy atom. The summed E-state index contributed by atoms with van der Waals surface area (Å²) in [6, 6.07) is 17.1. The number of nitrogens with zero attached hydrogens (tertiary/aromatic N) is 2. The van der Waals surface area contributed by atoms with Crippen molar-refractivity contribution in [3.8, 4) is 11.5 Å². The Morgan fingerprint density at radius 3 is 2.21 bits per heavy atom. The number of sulfonamides is 1. The molecule has 0 saturated heterocycles. The van der Waals surface area contributed by atoms with Crippen LogP contribution in [0.4, 0.5) is 10.1 Å². The zero-order chi connectivity index (χ0) is 30.3. The van der Waals surface area contributed by atoms with E-state index in [-0.39, 0.29) is 34.8 Å². The van der Waals surface area contributed by atoms with Gasteiger partial charge >= 0.3 is 0 Å². The predicted molar refractivity (Wildman–Crippen MR) is 157 cm³/mol. The summed E-state index contributed by atoms with van der Waals surface area (Å²) < 4.78 is 53.2. The van der Waals surface area contributed by atoms with Crippen LogP contribution in [0.1, 0.15) is 38.2 Å². The van der Waals surface area contributed by atoms with Gasteiger partial charge in [0.25, 0.3) is 10.0 Å². The monoisotopic (exact) mass is 597 g/mol. The van der Waals surface area contributed by atoms with Crippen molar-refractivity contribution in [2.45, 2.75) is 56.1 Å². The van der Waals surface area contributed by atoms with Gasteiger partial charge in [0.05, 0.1) is 24.8 Å². The SMILES string of the molecule is COc1ccc(N(CC(=O)N(Cc2ccc(F)cc2)[C@H](C)C(=O)NC2CCCC2)S(=O)(=O)c2ccccc2)cc1OC. The van der Waals surface area contributed by atoms with Gasteiger partial charge in [-0.3, -0.25) is 13.9 Å². The van der Waals surface area contributed by atoms with Crippen molar-refractivity contribution in [2.24, 2.45) is 0 Å². The van der Waals surface area contributed by atoms with E-state index in [4.69, 9.17) is 9.47 Å². The minimum atomic E-state index is -4.23. The normalized spacial score (nSPS) is 14.2. The number of benzene rings is 3. The Labute approximate surface area is 246 Å². The molecule has 9 nitrogen and oxygen atoms in total. The van der Waals surface area contributed by atoms with Gasteiger partial charge in [-0.1, -0.05) is 43.2 Å². The molecule has 11 heteroatoms. The van der Waals surface area contributed by atoms with Crippen molar-refractivity contribution >= 4 is 27.5 Å². The third kappa shape index (κ3) is 7.20. The lowest BCUT2D eigenvalue weighted by molar-refractivity contribution is -0.139. The van der Waals surface area contributed by atoms with E-state index in [1.54, 1.807) is 31.2 Å². The van der Waals surface area contributed by atoms with Gasteiger partial charge in [0.1, 0.15) is 18.4 Å². The minimum Gasteiger partial charge on any atom is -0.493 e. The van der Waals surface area contributed by atoms with Crippen molar-refractivity contribution in [3.63, 3.8) is 0 Å². The molecule has 224 valence electrons. The molecular formula is C31H36FN3O6S. The summed E-state index contributed by atoms with van der Waals surface area (Å²) >= 11 is 0. The average molecular weight is 598 g/mol. The summed E-state index contributed by atoms with van der Waals surface area (Å²) in [5.41, 5.74) is 0.767. The summed E-state index contributed by atoms with van der Waals surface area (Å²) in [5, 5.41) is 3.02. The highest BCUT2D eigenvalue weighted by Gasteiger charge is 2.33. The standard InChI is InChI=1S/C31H36FN3O6S/c1-22(31(37)33-25-9-7-8-10-25)34(20-23-13-15-24(32)16-14-23)30(36)21-35(42(38,39)27-11-5-4-6-12-27)26-17-18-28(40-2)29(19-26)41-3/h4-6,11-19,22,25H,7-10,20-21H2,1-3H3,(H,33,37)/t22-/m1/s1. The number of hydrogen-bond donors (Lipinski definition) is 1. The van der Waals surface area contributed by atoms with Gasteiger partial charge in [-0.05, 0) is 61.7 Å². The maximum Gasteiger partial charge on any atom is 0.264 e. The van der Waals surface area contributed by atoms with Crippen LogP contribution >= 0.6 is 0 Å². The maximum atomic E-state index is 14.0. The molecule has 1 aliphatic carbocycles. The first-order valence-corrected chi connectivity index (χ1v) is 15.2. The molecule has 1 saturated carbocycles. The summed E-state index contributed by atoms with van der Waals surface area (Å²) in [5.74, 6) is -0.705. The van der Waals surface area contributed by atoms with E-state index in [0.717, 1.165) is 30.0 Å². The molecule has 1 aliphatic rings. The molecule has 1 atom stereocenters. The van der Waals surface area contributed by atoms with Crippen LogP contribution in [0.5, 0.6) is 11.5 Å². The molecular weight excluding hydrogens is 561 g/mol. The van der Waals surface area contributed by atoms with Crippen LogP contribution in [0.25, 0.3) is 0 Å². The second-order valence-electron chi connectivity index (χ2n) is 10.2. The lowest BCUT2D eigenvalue weighted by Gasteiger charge is -2.32. The first kappa shape index (κ1) is 30.8. The summed E-state index contributed by atoms with van der Waals surface area (Å²) in [7, 11) is -1.34. The van der Waals surface area contributed by atoms with Crippen molar-refractivity contribution in [3.05, 3.63) is 84.2 Å². The lowest BCUT2D eigenvalue weighted by atomic mass is 10.1. The van der Waals surface area contributed by atoms with Crippen molar-refractivity contribution in [1.82, 2.24) is 10.2 Å². The summed E-state index contributed by atoms with van der Waals surface area (Å²) in [4.78, 5) is 28.7. The predicted octanol–water partition coefficient (Wildman–Crippen LogP) is 4.51. The van der Waals surface area contributed by atoms with E-state index in [9.17, 15) is 22.4 Å². The van der Waals surface area contributed by atoms with Crippen LogP contribution in [0.2, 0.25) is 0 Å². The van der Waals surface area contributed by atoms with Crippen LogP contribution in [-0.2, 0) is 26.2 Å². The number of anilines is 1. The average Bonchev–Trinajstić information content (AvgIpc) is 3.52. The molecule has 2 amide bonds. The van der Waals surface area contributed by atoms with E-state index >= 15 is 0 Å². The molecule has 1 N–H and O–H groups in total. The zero-order valence-electron chi connectivity index (χ0n) is 24.0. The van der Waals surface area contributed by atoms with Crippen LogP contribution < -0.4 is 19.1 Å². The largest absolute Gasteiger partial charge is 0.493 e. The first-order chi connectivity index (χ1) is 20.1. The zero-order valence-corrected chi connectivity index (χ0v) is 24.8. The highest BCUT2D eigenvalue weighted by atomic mass is 32.2. The van der Waals surface area contributed by atoms with Gasteiger partial charge in [0, 0.05) is 18.7 Å². The van der Waals surface area contributed by atoms with Crippen molar-refractivity contribution in [1.29, 1.82) is 0 Å². The van der Waals surface area contributed by atoms with Gasteiger partial charge in [-0.2, -0.15) is 0 Å². The fraction of sp³-hybridized carbons (Fsp3) is 0.355. The second-order valence-corrected chi connectivity index (χ2v) is 12.0. The lowest BCUT2D eigenvalue weighted by Crippen LogP contribution is -2.52. The Hall–Kier alpha value is -4.12. The smallest absolute Gasteiger partial charge is 0.264 e. The third-order valence-corrected chi connectivity index (χ3v) is 9.19. The van der Waals surface area contributed by atoms with E-state index in [2.05, 4.69) is 5.32 Å². The molecule has 0 aliphatic heterocycles. The van der Waals surface area contributed by atoms with Crippen LogP contribution in [0.15, 0.2) is 77.7 Å². The highest BCUT2D eigenvalue weighted by molar-refractivity contribution is 7.92. The maximum absolute atomic E-state index is 14.0. The number of carbonyl (C=O) groups excluding carboxylic acids is 2. The van der Waals surface area contributed by atoms with E-state index in [1.807, 2.05) is 0 Å². The molecule has 1 fully saturated rings. The van der Waals surface area contributed by atoms with Gasteiger partial charge in [0.2, 0.25) is 11.8 Å². The third-order valence-electron chi connectivity index (χ3n) is 7.40. The molecule has 0 unspecified atom stereocenters. The molecule has 3 aromatic rings. The second kappa shape index (κ2) is 13.7. The number of amides is 2. The number of rotatable bonds is 12. The molecule has 4 rings (SSSR count). The Balaban J connectivity index is 1.71. The molecule has 0 spiro atoms. The summed E-state index contributed by atoms with van der Waals surface area (Å²) in [6.07, 6.45) is 3.78. The van der Waals surface area contributed by atoms with Crippen LogP contribution in [0, 0.1) is 5.82 Å². The Bertz CT molecular complexity index is 1480. The van der Waals surface area contributed by atoms with Gasteiger partial charge in [-0.25, -0.2) is 12.8 Å². The molecule has 42 heavy (non-hydrogen) atoms. The van der Waals surface area contributed by atoms with Crippen LogP contribution in [-0.4, -0.2) is 58.0 Å². The van der Waals surface area contributed by atoms with Gasteiger partial charge in [0.15, 0.2) is 11.5 Å². The van der Waals surface area contributed by atoms with Crippen molar-refractivity contribution in [2.75, 3.05) is 25.1 Å². The van der Waals surface area contributed by atoms with Crippen molar-refractivity contribution < 1.29 is 31.9 Å². The Kier molecular flexibility index (Phi) is 10.1. The molecule has 0 radical (unpaired) electrons. The number of methoxy groups -OCH3 is 2. The quantitative estimate of drug-likeness (QED) is 0.329. The number of carbonyl (C=O) groups is 2. The number of halogens is 1. The molecule has 0 aromatic heterocycles. The first-order valence-electron chi connectivity index (χ1n) is 13.8. The number of hydrogen-bond acceptors (Lipinski definition) is 6. The van der Waals surface area contributed by atoms with Gasteiger partial charge in [-0.15, -0.1) is 0 Å². The molecule has 3 aromatic carbocycles. The van der Waals surface area contributed by atoms with Gasteiger partial charge < -0.3 is 19.7 Å². The molecule has 0 bridgehead atoms. The number of nitrogens with one attached hydrogen (secondary N) is 1. The topological polar surface area (TPSA) is 105 Å². The van der Waals surface area contributed by atoms with E-state index in [1.165, 1.54) is 67.7 Å². The number of ether oxygens (including phenoxy) is 2. The Morgan fingerprint density at radius 2 is 1.60 bits per heavy atom. The highest BCUT2D eigenvalue weighted by Crippen LogP contribution is 2.34. The minimum absolute atomic E-state index is 0.00954. The summed E-state index contributed by atoms with van der Waals surface area (Å²) in [6.45, 7) is 0.983. The van der Waals surface area contributed by atoms with Crippen LogP contribution in [0.3, 0.4) is 0 Å². The fourth-order valence-corrected chi connectivity index (χ4v) is 6.42. The molecule has 0 heterocycles. The van der Waals surface area contributed by atoms with E-state index < -0.39 is 34.3 Å². The van der Waals surface area contributed by atoms with E-state index in [0.29, 0.717) is 11.3 Å². The fourth-order valence-electron chi connectivity index (χ4n) is 4.99.